The van der Waals surface area contributed by atoms with Crippen LogP contribution in [-0.4, -0.2) is 49.3 Å². The summed E-state index contributed by atoms with van der Waals surface area (Å²) in [6.45, 7) is 2.57. The molecule has 1 amide bonds. The molecule has 5 nitrogen and oxygen atoms in total. The number of nitrogens with two attached hydrogens (primary N) is 1. The van der Waals surface area contributed by atoms with Crippen molar-refractivity contribution in [3.8, 4) is 0 Å². The van der Waals surface area contributed by atoms with E-state index in [0.717, 1.165) is 32.2 Å². The molecule has 2 rings (SSSR count). The van der Waals surface area contributed by atoms with Gasteiger partial charge in [0.15, 0.2) is 5.78 Å². The molecule has 1 aliphatic heterocycles. The molecule has 0 aromatic carbocycles. The molecule has 3 N–H and O–H groups in total. The zero-order chi connectivity index (χ0) is 12.3. The topological polar surface area (TPSA) is 75.4 Å². The Hall–Kier alpha value is -0.940. The summed E-state index contributed by atoms with van der Waals surface area (Å²) in [4.78, 5) is 25.5. The van der Waals surface area contributed by atoms with Crippen LogP contribution >= 0.6 is 0 Å². The molecule has 17 heavy (non-hydrogen) atoms. The summed E-state index contributed by atoms with van der Waals surface area (Å²) in [5, 5.41) is 2.76. The largest absolute Gasteiger partial charge is 0.354 e. The van der Waals surface area contributed by atoms with Crippen molar-refractivity contribution in [3.05, 3.63) is 0 Å². The van der Waals surface area contributed by atoms with Gasteiger partial charge in [-0.3, -0.25) is 14.5 Å². The monoisotopic (exact) mass is 239 g/mol. The molecule has 5 heteroatoms. The van der Waals surface area contributed by atoms with E-state index in [2.05, 4.69) is 5.32 Å². The SMILES string of the molecule is NCC1(C(=O)CN2CCNC(=O)C2)CCCC1. The van der Waals surface area contributed by atoms with E-state index in [1.165, 1.54) is 0 Å². The summed E-state index contributed by atoms with van der Waals surface area (Å²) in [5.41, 5.74) is 5.49. The van der Waals surface area contributed by atoms with E-state index in [-0.39, 0.29) is 17.1 Å². The first-order valence-electron chi connectivity index (χ1n) is 6.39. The Bertz CT molecular complexity index is 311. The lowest BCUT2D eigenvalue weighted by atomic mass is 9.81. The maximum Gasteiger partial charge on any atom is 0.234 e. The number of carbonyl (C=O) groups excluding carboxylic acids is 2. The minimum Gasteiger partial charge on any atom is -0.354 e. The first-order valence-corrected chi connectivity index (χ1v) is 6.39. The number of amides is 1. The number of hydrogen-bond donors (Lipinski definition) is 2. The number of nitrogens with zero attached hydrogens (tertiary/aromatic N) is 1. The zero-order valence-electron chi connectivity index (χ0n) is 10.2. The third-order valence-electron chi connectivity index (χ3n) is 4.03. The molecule has 0 aromatic heterocycles. The van der Waals surface area contributed by atoms with Gasteiger partial charge in [0.1, 0.15) is 0 Å². The van der Waals surface area contributed by atoms with Gasteiger partial charge in [-0.25, -0.2) is 0 Å². The van der Waals surface area contributed by atoms with Gasteiger partial charge in [0.05, 0.1) is 13.1 Å². The highest BCUT2D eigenvalue weighted by molar-refractivity contribution is 5.88. The van der Waals surface area contributed by atoms with Crippen molar-refractivity contribution in [2.24, 2.45) is 11.1 Å². The highest BCUT2D eigenvalue weighted by Gasteiger charge is 2.40. The van der Waals surface area contributed by atoms with E-state index in [9.17, 15) is 9.59 Å². The zero-order valence-corrected chi connectivity index (χ0v) is 10.2. The Kier molecular flexibility index (Phi) is 3.79. The summed E-state index contributed by atoms with van der Waals surface area (Å²) < 4.78 is 0. The van der Waals surface area contributed by atoms with Crippen molar-refractivity contribution in [1.29, 1.82) is 0 Å². The van der Waals surface area contributed by atoms with Crippen molar-refractivity contribution in [1.82, 2.24) is 10.2 Å². The van der Waals surface area contributed by atoms with E-state index in [4.69, 9.17) is 5.73 Å². The second kappa shape index (κ2) is 5.14. The standard InChI is InChI=1S/C12H21N3O2/c13-9-12(3-1-2-4-12)10(16)7-15-6-5-14-11(17)8-15/h1-9,13H2,(H,14,17). The van der Waals surface area contributed by atoms with Crippen LogP contribution in [0.5, 0.6) is 0 Å². The molecule has 1 saturated carbocycles. The highest BCUT2D eigenvalue weighted by Crippen LogP contribution is 2.38. The summed E-state index contributed by atoms with van der Waals surface area (Å²) in [7, 11) is 0. The number of Topliss-reactive ketones (excluding diaryl/α,β-unsaturated/α-hetero) is 1. The van der Waals surface area contributed by atoms with E-state index in [1.807, 2.05) is 4.90 Å². The lowest BCUT2D eigenvalue weighted by Crippen LogP contribution is -2.51. The third-order valence-corrected chi connectivity index (χ3v) is 4.03. The predicted octanol–water partition coefficient (Wildman–Crippen LogP) is -0.494. The second-order valence-corrected chi connectivity index (χ2v) is 5.18. The smallest absolute Gasteiger partial charge is 0.234 e. The first kappa shape index (κ1) is 12.5. The van der Waals surface area contributed by atoms with Gasteiger partial charge in [-0.1, -0.05) is 12.8 Å². The summed E-state index contributed by atoms with van der Waals surface area (Å²) in [5.74, 6) is 0.240. The van der Waals surface area contributed by atoms with Crippen LogP contribution < -0.4 is 11.1 Å². The molecule has 0 aromatic rings. The van der Waals surface area contributed by atoms with Crippen LogP contribution in [0.25, 0.3) is 0 Å². The lowest BCUT2D eigenvalue weighted by Gasteiger charge is -2.31. The number of rotatable bonds is 4. The number of piperazine rings is 1. The van der Waals surface area contributed by atoms with Crippen LogP contribution in [0.4, 0.5) is 0 Å². The average molecular weight is 239 g/mol. The maximum absolute atomic E-state index is 12.3. The summed E-state index contributed by atoms with van der Waals surface area (Å²) >= 11 is 0. The van der Waals surface area contributed by atoms with Crippen LogP contribution in [0, 0.1) is 5.41 Å². The van der Waals surface area contributed by atoms with E-state index in [1.54, 1.807) is 0 Å². The molecule has 1 heterocycles. The molecule has 0 atom stereocenters. The molecule has 0 unspecified atom stereocenters. The first-order chi connectivity index (χ1) is 8.16. The van der Waals surface area contributed by atoms with Crippen molar-refractivity contribution in [2.75, 3.05) is 32.7 Å². The van der Waals surface area contributed by atoms with Crippen LogP contribution in [0.3, 0.4) is 0 Å². The van der Waals surface area contributed by atoms with E-state index < -0.39 is 0 Å². The van der Waals surface area contributed by atoms with Crippen molar-refractivity contribution in [3.63, 3.8) is 0 Å². The number of ketones is 1. The maximum atomic E-state index is 12.3. The van der Waals surface area contributed by atoms with Crippen LogP contribution in [0.2, 0.25) is 0 Å². The Labute approximate surface area is 102 Å². The van der Waals surface area contributed by atoms with Crippen LogP contribution in [0.15, 0.2) is 0 Å². The Balaban J connectivity index is 1.93. The molecule has 2 fully saturated rings. The van der Waals surface area contributed by atoms with Gasteiger partial charge in [-0.15, -0.1) is 0 Å². The molecule has 1 aliphatic carbocycles. The highest BCUT2D eigenvalue weighted by atomic mass is 16.2. The van der Waals surface area contributed by atoms with Crippen molar-refractivity contribution in [2.45, 2.75) is 25.7 Å². The van der Waals surface area contributed by atoms with Crippen molar-refractivity contribution >= 4 is 11.7 Å². The van der Waals surface area contributed by atoms with Crippen LogP contribution in [-0.2, 0) is 9.59 Å². The third kappa shape index (κ3) is 2.66. The van der Waals surface area contributed by atoms with Gasteiger partial charge in [0, 0.05) is 25.0 Å². The summed E-state index contributed by atoms with van der Waals surface area (Å²) in [6.07, 6.45) is 4.04. The Morgan fingerprint density at radius 3 is 2.71 bits per heavy atom. The predicted molar refractivity (Wildman–Crippen MR) is 64.4 cm³/mol. The molecule has 1 saturated heterocycles. The fourth-order valence-electron chi connectivity index (χ4n) is 2.85. The van der Waals surface area contributed by atoms with Gasteiger partial charge >= 0.3 is 0 Å². The van der Waals surface area contributed by atoms with Crippen molar-refractivity contribution < 1.29 is 9.59 Å². The van der Waals surface area contributed by atoms with E-state index >= 15 is 0 Å². The second-order valence-electron chi connectivity index (χ2n) is 5.18. The molecular formula is C12H21N3O2. The number of carbonyl (C=O) groups is 2. The average Bonchev–Trinajstić information content (AvgIpc) is 2.78. The normalized spacial score (nSPS) is 24.6. The summed E-state index contributed by atoms with van der Waals surface area (Å²) in [6, 6.07) is 0. The molecule has 0 spiro atoms. The van der Waals surface area contributed by atoms with Gasteiger partial charge in [0.2, 0.25) is 5.91 Å². The van der Waals surface area contributed by atoms with Gasteiger partial charge in [-0.05, 0) is 12.8 Å². The molecule has 0 bridgehead atoms. The van der Waals surface area contributed by atoms with E-state index in [0.29, 0.717) is 26.2 Å². The van der Waals surface area contributed by atoms with Gasteiger partial charge in [-0.2, -0.15) is 0 Å². The van der Waals surface area contributed by atoms with Gasteiger partial charge < -0.3 is 11.1 Å². The fraction of sp³-hybridized carbons (Fsp3) is 0.833. The minimum absolute atomic E-state index is 0.0114. The molecule has 0 radical (unpaired) electrons. The number of nitrogens with one attached hydrogen (secondary N) is 1. The molecular weight excluding hydrogens is 218 g/mol. The number of hydrogen-bond acceptors (Lipinski definition) is 4. The van der Waals surface area contributed by atoms with Gasteiger partial charge in [0.25, 0.3) is 0 Å². The minimum atomic E-state index is -0.298. The fourth-order valence-corrected chi connectivity index (χ4v) is 2.85. The van der Waals surface area contributed by atoms with Crippen LogP contribution in [0.1, 0.15) is 25.7 Å². The quantitative estimate of drug-likeness (QED) is 0.694. The Morgan fingerprint density at radius 2 is 2.12 bits per heavy atom. The molecule has 2 aliphatic rings. The lowest BCUT2D eigenvalue weighted by molar-refractivity contribution is -0.131. The molecule has 96 valence electrons. The Morgan fingerprint density at radius 1 is 1.41 bits per heavy atom.